The number of amides is 2. The van der Waals surface area contributed by atoms with E-state index in [1.165, 1.54) is 17.0 Å². The van der Waals surface area contributed by atoms with Gasteiger partial charge >= 0.3 is 0 Å². The molecule has 4 nitrogen and oxygen atoms in total. The second-order valence-electron chi connectivity index (χ2n) is 8.26. The molecule has 2 aromatic carbocycles. The van der Waals surface area contributed by atoms with Gasteiger partial charge in [-0.25, -0.2) is 4.39 Å². The molecule has 1 atom stereocenters. The minimum atomic E-state index is -0.304. The molecule has 5 rings (SSSR count). The number of hydrogen-bond donors (Lipinski definition) is 0. The number of carbonyl (C=O) groups is 2. The van der Waals surface area contributed by atoms with Gasteiger partial charge in [-0.1, -0.05) is 23.7 Å². The van der Waals surface area contributed by atoms with E-state index in [9.17, 15) is 14.0 Å². The largest absolute Gasteiger partial charge is 0.330 e. The van der Waals surface area contributed by atoms with Crippen molar-refractivity contribution < 1.29 is 14.0 Å². The van der Waals surface area contributed by atoms with Crippen molar-refractivity contribution in [3.63, 3.8) is 0 Å². The molecule has 1 unspecified atom stereocenters. The van der Waals surface area contributed by atoms with Gasteiger partial charge in [-0.05, 0) is 78.2 Å². The van der Waals surface area contributed by atoms with Crippen LogP contribution in [-0.2, 0) is 11.2 Å². The molecule has 164 valence electrons. The highest BCUT2D eigenvalue weighted by molar-refractivity contribution is 7.10. The Morgan fingerprint density at radius 3 is 2.47 bits per heavy atom. The minimum Gasteiger partial charge on any atom is -0.330 e. The molecule has 1 saturated carbocycles. The van der Waals surface area contributed by atoms with Crippen LogP contribution in [-0.4, -0.2) is 40.7 Å². The van der Waals surface area contributed by atoms with Gasteiger partial charge < -0.3 is 9.80 Å². The summed E-state index contributed by atoms with van der Waals surface area (Å²) in [6, 6.07) is 15.0. The highest BCUT2D eigenvalue weighted by Gasteiger charge is 2.38. The van der Waals surface area contributed by atoms with Gasteiger partial charge in [-0.3, -0.25) is 9.59 Å². The number of carbonyl (C=O) groups excluding carboxylic acids is 2. The quantitative estimate of drug-likeness (QED) is 0.508. The molecule has 1 aromatic heterocycles. The molecular formula is C25H22ClFN2O2S. The molecule has 3 aromatic rings. The van der Waals surface area contributed by atoms with Crippen molar-refractivity contribution in [2.24, 2.45) is 0 Å². The maximum absolute atomic E-state index is 13.6. The molecular weight excluding hydrogens is 447 g/mol. The van der Waals surface area contributed by atoms with E-state index in [4.69, 9.17) is 11.6 Å². The average Bonchev–Trinajstić information content (AvgIpc) is 3.53. The lowest BCUT2D eigenvalue weighted by Crippen LogP contribution is -2.47. The standard InChI is InChI=1S/C25H22ClFN2O2S/c26-18-5-1-17(2-6-18)25(31)29(20-9-10-20)15-23(30)28-13-11-22-21(12-14-32-22)24(28)16-3-7-19(27)8-4-16/h1-8,12,14,20,24H,9-11,13,15H2. The summed E-state index contributed by atoms with van der Waals surface area (Å²) in [7, 11) is 0. The Kier molecular flexibility index (Phi) is 5.74. The summed E-state index contributed by atoms with van der Waals surface area (Å²) in [5.41, 5.74) is 2.49. The molecule has 2 aliphatic rings. The van der Waals surface area contributed by atoms with Gasteiger partial charge in [0.25, 0.3) is 5.91 Å². The molecule has 1 fully saturated rings. The fourth-order valence-electron chi connectivity index (χ4n) is 4.34. The fraction of sp³-hybridized carbons (Fsp3) is 0.280. The zero-order valence-electron chi connectivity index (χ0n) is 17.3. The van der Waals surface area contributed by atoms with E-state index < -0.39 is 0 Å². The molecule has 1 aliphatic carbocycles. The Hall–Kier alpha value is -2.70. The first-order valence-electron chi connectivity index (χ1n) is 10.7. The smallest absolute Gasteiger partial charge is 0.254 e. The Balaban J connectivity index is 1.42. The third-order valence-electron chi connectivity index (χ3n) is 6.12. The Morgan fingerprint density at radius 2 is 1.78 bits per heavy atom. The van der Waals surface area contributed by atoms with Crippen molar-refractivity contribution in [2.45, 2.75) is 31.3 Å². The Morgan fingerprint density at radius 1 is 1.06 bits per heavy atom. The lowest BCUT2D eigenvalue weighted by Gasteiger charge is -2.37. The molecule has 2 amide bonds. The van der Waals surface area contributed by atoms with Crippen molar-refractivity contribution in [3.8, 4) is 0 Å². The Bertz CT molecular complexity index is 1140. The van der Waals surface area contributed by atoms with Crippen LogP contribution in [0.1, 0.15) is 45.2 Å². The normalized spacial score (nSPS) is 17.7. The first-order chi connectivity index (χ1) is 15.5. The molecule has 0 spiro atoms. The SMILES string of the molecule is O=C(c1ccc(Cl)cc1)N(CC(=O)N1CCc2sccc2C1c1ccc(F)cc1)C1CC1. The summed E-state index contributed by atoms with van der Waals surface area (Å²) in [5.74, 6) is -0.545. The number of fused-ring (bicyclic) bond motifs is 1. The monoisotopic (exact) mass is 468 g/mol. The highest BCUT2D eigenvalue weighted by atomic mass is 35.5. The summed E-state index contributed by atoms with van der Waals surface area (Å²) in [4.78, 5) is 31.5. The first kappa shape index (κ1) is 21.2. The van der Waals surface area contributed by atoms with Crippen molar-refractivity contribution in [1.29, 1.82) is 0 Å². The van der Waals surface area contributed by atoms with Crippen LogP contribution in [0.4, 0.5) is 4.39 Å². The molecule has 0 N–H and O–H groups in total. The number of halogens is 2. The van der Waals surface area contributed by atoms with E-state index in [1.54, 1.807) is 52.6 Å². The van der Waals surface area contributed by atoms with Crippen LogP contribution in [0.25, 0.3) is 0 Å². The molecule has 0 bridgehead atoms. The third kappa shape index (κ3) is 4.17. The van der Waals surface area contributed by atoms with Crippen LogP contribution in [0, 0.1) is 5.82 Å². The van der Waals surface area contributed by atoms with Crippen LogP contribution in [0.3, 0.4) is 0 Å². The molecule has 1 aliphatic heterocycles. The molecule has 0 saturated heterocycles. The number of hydrogen-bond acceptors (Lipinski definition) is 3. The van der Waals surface area contributed by atoms with E-state index in [0.717, 1.165) is 30.4 Å². The van der Waals surface area contributed by atoms with Crippen LogP contribution < -0.4 is 0 Å². The maximum atomic E-state index is 13.6. The second-order valence-corrected chi connectivity index (χ2v) is 9.70. The highest BCUT2D eigenvalue weighted by Crippen LogP contribution is 2.38. The van der Waals surface area contributed by atoms with Gasteiger partial charge in [0, 0.05) is 28.0 Å². The zero-order valence-corrected chi connectivity index (χ0v) is 18.9. The second kappa shape index (κ2) is 8.68. The van der Waals surface area contributed by atoms with Gasteiger partial charge in [-0.15, -0.1) is 11.3 Å². The molecule has 2 heterocycles. The lowest BCUT2D eigenvalue weighted by atomic mass is 9.93. The predicted molar refractivity (Wildman–Crippen MR) is 123 cm³/mol. The third-order valence-corrected chi connectivity index (χ3v) is 7.37. The number of rotatable bonds is 5. The van der Waals surface area contributed by atoms with Gasteiger partial charge in [0.15, 0.2) is 0 Å². The number of thiophene rings is 1. The first-order valence-corrected chi connectivity index (χ1v) is 11.9. The van der Waals surface area contributed by atoms with Crippen molar-refractivity contribution in [3.05, 3.63) is 92.4 Å². The molecule has 32 heavy (non-hydrogen) atoms. The van der Waals surface area contributed by atoms with E-state index in [0.29, 0.717) is 17.1 Å². The summed E-state index contributed by atoms with van der Waals surface area (Å²) in [5, 5.41) is 2.60. The van der Waals surface area contributed by atoms with Gasteiger partial charge in [0.1, 0.15) is 12.4 Å². The summed E-state index contributed by atoms with van der Waals surface area (Å²) < 4.78 is 13.6. The van der Waals surface area contributed by atoms with Crippen LogP contribution in [0.2, 0.25) is 5.02 Å². The van der Waals surface area contributed by atoms with Crippen LogP contribution in [0.15, 0.2) is 60.0 Å². The van der Waals surface area contributed by atoms with E-state index in [1.807, 2.05) is 16.3 Å². The Labute approximate surface area is 195 Å². The molecule has 0 radical (unpaired) electrons. The van der Waals surface area contributed by atoms with Crippen LogP contribution >= 0.6 is 22.9 Å². The van der Waals surface area contributed by atoms with E-state index >= 15 is 0 Å². The summed E-state index contributed by atoms with van der Waals surface area (Å²) in [6.07, 6.45) is 2.59. The van der Waals surface area contributed by atoms with E-state index in [-0.39, 0.29) is 36.3 Å². The predicted octanol–water partition coefficient (Wildman–Crippen LogP) is 5.32. The topological polar surface area (TPSA) is 40.6 Å². The van der Waals surface area contributed by atoms with Gasteiger partial charge in [-0.2, -0.15) is 0 Å². The minimum absolute atomic E-state index is 0.0310. The van der Waals surface area contributed by atoms with Crippen molar-refractivity contribution in [1.82, 2.24) is 9.80 Å². The summed E-state index contributed by atoms with van der Waals surface area (Å²) >= 11 is 7.65. The average molecular weight is 469 g/mol. The zero-order chi connectivity index (χ0) is 22.2. The van der Waals surface area contributed by atoms with Gasteiger partial charge in [0.05, 0.1) is 6.04 Å². The maximum Gasteiger partial charge on any atom is 0.254 e. The fourth-order valence-corrected chi connectivity index (χ4v) is 5.37. The van der Waals surface area contributed by atoms with Crippen molar-refractivity contribution >= 4 is 34.8 Å². The number of benzene rings is 2. The van der Waals surface area contributed by atoms with Crippen molar-refractivity contribution in [2.75, 3.05) is 13.1 Å². The summed E-state index contributed by atoms with van der Waals surface area (Å²) in [6.45, 7) is 0.603. The van der Waals surface area contributed by atoms with Gasteiger partial charge in [0.2, 0.25) is 5.91 Å². The lowest BCUT2D eigenvalue weighted by molar-refractivity contribution is -0.134. The number of nitrogens with zero attached hydrogens (tertiary/aromatic N) is 2. The van der Waals surface area contributed by atoms with E-state index in [2.05, 4.69) is 0 Å². The molecule has 7 heteroatoms. The van der Waals surface area contributed by atoms with Crippen LogP contribution in [0.5, 0.6) is 0 Å².